The van der Waals surface area contributed by atoms with E-state index in [4.69, 9.17) is 11.6 Å². The molecule has 1 aliphatic rings. The summed E-state index contributed by atoms with van der Waals surface area (Å²) in [5, 5.41) is 0.588. The van der Waals surface area contributed by atoms with Gasteiger partial charge < -0.3 is 4.90 Å². The van der Waals surface area contributed by atoms with Gasteiger partial charge in [-0.15, -0.1) is 0 Å². The summed E-state index contributed by atoms with van der Waals surface area (Å²) in [5.41, 5.74) is 1.87. The summed E-state index contributed by atoms with van der Waals surface area (Å²) >= 11 is 5.89. The van der Waals surface area contributed by atoms with Crippen LogP contribution in [-0.2, 0) is 6.54 Å². The van der Waals surface area contributed by atoms with Crippen molar-refractivity contribution in [3.8, 4) is 11.3 Å². The van der Waals surface area contributed by atoms with Gasteiger partial charge in [0.15, 0.2) is 5.78 Å². The molecular formula is C20H17ClN4O2. The molecule has 3 aromatic rings. The van der Waals surface area contributed by atoms with E-state index in [-0.39, 0.29) is 17.9 Å². The second-order valence-electron chi connectivity index (χ2n) is 6.37. The van der Waals surface area contributed by atoms with Gasteiger partial charge in [-0.25, -0.2) is 4.98 Å². The number of Topliss-reactive ketones (excluding diaryl/α,β-unsaturated/α-hetero) is 1. The van der Waals surface area contributed by atoms with E-state index in [9.17, 15) is 9.59 Å². The Labute approximate surface area is 161 Å². The Hall–Kier alpha value is -2.99. The van der Waals surface area contributed by atoms with Gasteiger partial charge in [-0.2, -0.15) is 0 Å². The summed E-state index contributed by atoms with van der Waals surface area (Å²) in [7, 11) is 0. The molecule has 0 unspecified atom stereocenters. The molecule has 1 aliphatic heterocycles. The molecule has 0 radical (unpaired) electrons. The number of hydrogen-bond donors (Lipinski definition) is 0. The molecule has 0 saturated heterocycles. The Morgan fingerprint density at radius 1 is 1.07 bits per heavy atom. The lowest BCUT2D eigenvalue weighted by atomic mass is 10.1. The number of benzene rings is 1. The first kappa shape index (κ1) is 17.4. The highest BCUT2D eigenvalue weighted by molar-refractivity contribution is 6.30. The molecular weight excluding hydrogens is 364 g/mol. The number of carbonyl (C=O) groups is 1. The molecule has 136 valence electrons. The number of pyridine rings is 1. The molecule has 6 nitrogen and oxygen atoms in total. The van der Waals surface area contributed by atoms with Gasteiger partial charge in [-0.05, 0) is 42.8 Å². The van der Waals surface area contributed by atoms with E-state index in [0.29, 0.717) is 35.3 Å². The normalized spacial score (nSPS) is 13.3. The largest absolute Gasteiger partial charge is 0.334 e. The van der Waals surface area contributed by atoms with Crippen molar-refractivity contribution in [2.45, 2.75) is 13.0 Å². The Balaban J connectivity index is 1.67. The highest BCUT2D eigenvalue weighted by atomic mass is 35.5. The minimum Gasteiger partial charge on any atom is -0.334 e. The van der Waals surface area contributed by atoms with Gasteiger partial charge >= 0.3 is 0 Å². The zero-order valence-corrected chi connectivity index (χ0v) is 15.3. The van der Waals surface area contributed by atoms with Crippen LogP contribution in [0.1, 0.15) is 16.8 Å². The Bertz CT molecular complexity index is 1030. The SMILES string of the molecule is O=C(CN1CCCn2c1nc(-c1ccncc1)cc2=O)c1ccc(Cl)cc1. The van der Waals surface area contributed by atoms with Crippen LogP contribution in [-0.4, -0.2) is 33.4 Å². The molecule has 7 heteroatoms. The third kappa shape index (κ3) is 3.61. The van der Waals surface area contributed by atoms with Crippen molar-refractivity contribution in [3.05, 3.63) is 75.8 Å². The van der Waals surface area contributed by atoms with Gasteiger partial charge in [-0.3, -0.25) is 19.1 Å². The Kier molecular flexibility index (Phi) is 4.73. The minimum absolute atomic E-state index is 0.0383. The number of halogens is 1. The molecule has 4 rings (SSSR count). The molecule has 0 atom stereocenters. The fourth-order valence-corrected chi connectivity index (χ4v) is 3.31. The van der Waals surface area contributed by atoms with Crippen LogP contribution >= 0.6 is 11.6 Å². The van der Waals surface area contributed by atoms with Crippen molar-refractivity contribution in [1.29, 1.82) is 0 Å². The summed E-state index contributed by atoms with van der Waals surface area (Å²) < 4.78 is 1.63. The van der Waals surface area contributed by atoms with Crippen molar-refractivity contribution < 1.29 is 4.79 Å². The molecule has 0 spiro atoms. The molecule has 1 aromatic carbocycles. The summed E-state index contributed by atoms with van der Waals surface area (Å²) in [6.07, 6.45) is 4.11. The van der Waals surface area contributed by atoms with E-state index in [1.807, 2.05) is 17.0 Å². The lowest BCUT2D eigenvalue weighted by Crippen LogP contribution is -2.41. The Morgan fingerprint density at radius 3 is 2.56 bits per heavy atom. The number of rotatable bonds is 4. The van der Waals surface area contributed by atoms with E-state index < -0.39 is 0 Å². The number of carbonyl (C=O) groups excluding carboxylic acids is 1. The number of hydrogen-bond acceptors (Lipinski definition) is 5. The van der Waals surface area contributed by atoms with Crippen molar-refractivity contribution in [2.75, 3.05) is 18.0 Å². The maximum atomic E-state index is 12.7. The van der Waals surface area contributed by atoms with Crippen LogP contribution in [0.15, 0.2) is 59.7 Å². The van der Waals surface area contributed by atoms with Crippen LogP contribution in [0.5, 0.6) is 0 Å². The van der Waals surface area contributed by atoms with Crippen molar-refractivity contribution in [3.63, 3.8) is 0 Å². The van der Waals surface area contributed by atoms with Gasteiger partial charge in [0.25, 0.3) is 5.56 Å². The van der Waals surface area contributed by atoms with Gasteiger partial charge in [0, 0.05) is 47.7 Å². The third-order valence-corrected chi connectivity index (χ3v) is 4.81. The molecule has 27 heavy (non-hydrogen) atoms. The molecule has 0 aliphatic carbocycles. The molecule has 2 aromatic heterocycles. The van der Waals surface area contributed by atoms with Gasteiger partial charge in [0.1, 0.15) is 0 Å². The topological polar surface area (TPSA) is 68.1 Å². The fraction of sp³-hybridized carbons (Fsp3) is 0.200. The maximum Gasteiger partial charge on any atom is 0.255 e. The van der Waals surface area contributed by atoms with Crippen molar-refractivity contribution >= 4 is 23.3 Å². The standard InChI is InChI=1S/C20H17ClN4O2/c21-16-4-2-15(3-5-16)18(26)13-24-10-1-11-25-19(27)12-17(23-20(24)25)14-6-8-22-9-7-14/h2-9,12H,1,10-11,13H2. The molecule has 0 fully saturated rings. The van der Waals surface area contributed by atoms with E-state index in [2.05, 4.69) is 9.97 Å². The number of anilines is 1. The Morgan fingerprint density at radius 2 is 1.81 bits per heavy atom. The third-order valence-electron chi connectivity index (χ3n) is 4.56. The van der Waals surface area contributed by atoms with E-state index in [1.165, 1.54) is 6.07 Å². The summed E-state index contributed by atoms with van der Waals surface area (Å²) in [4.78, 5) is 35.8. The van der Waals surface area contributed by atoms with Crippen LogP contribution in [0.3, 0.4) is 0 Å². The highest BCUT2D eigenvalue weighted by Gasteiger charge is 2.23. The van der Waals surface area contributed by atoms with Crippen LogP contribution in [0.2, 0.25) is 5.02 Å². The second kappa shape index (κ2) is 7.32. The number of fused-ring (bicyclic) bond motifs is 1. The molecule has 3 heterocycles. The smallest absolute Gasteiger partial charge is 0.255 e. The predicted octanol–water partition coefficient (Wildman–Crippen LogP) is 3.05. The van der Waals surface area contributed by atoms with E-state index >= 15 is 0 Å². The maximum absolute atomic E-state index is 12.7. The van der Waals surface area contributed by atoms with Crippen LogP contribution in [0.25, 0.3) is 11.3 Å². The van der Waals surface area contributed by atoms with E-state index in [0.717, 1.165) is 12.0 Å². The first-order valence-corrected chi connectivity index (χ1v) is 9.05. The summed E-state index contributed by atoms with van der Waals surface area (Å²) in [6, 6.07) is 12.0. The number of ketones is 1. The minimum atomic E-state index is -0.115. The summed E-state index contributed by atoms with van der Waals surface area (Å²) in [6.45, 7) is 1.43. The monoisotopic (exact) mass is 380 g/mol. The first-order valence-electron chi connectivity index (χ1n) is 8.68. The van der Waals surface area contributed by atoms with Crippen LogP contribution < -0.4 is 10.5 Å². The van der Waals surface area contributed by atoms with Gasteiger partial charge in [0.2, 0.25) is 5.95 Å². The average molecular weight is 381 g/mol. The van der Waals surface area contributed by atoms with Gasteiger partial charge in [0.05, 0.1) is 12.2 Å². The first-order chi connectivity index (χ1) is 13.1. The molecule has 0 bridgehead atoms. The lowest BCUT2D eigenvalue weighted by molar-refractivity contribution is 0.0997. The molecule has 0 amide bonds. The highest BCUT2D eigenvalue weighted by Crippen LogP contribution is 2.22. The average Bonchev–Trinajstić information content (AvgIpc) is 2.69. The van der Waals surface area contributed by atoms with Crippen LogP contribution in [0.4, 0.5) is 5.95 Å². The molecule has 0 N–H and O–H groups in total. The van der Waals surface area contributed by atoms with Gasteiger partial charge in [-0.1, -0.05) is 11.6 Å². The predicted molar refractivity (Wildman–Crippen MR) is 104 cm³/mol. The summed E-state index contributed by atoms with van der Waals surface area (Å²) in [5.74, 6) is 0.492. The quantitative estimate of drug-likeness (QED) is 0.651. The second-order valence-corrected chi connectivity index (χ2v) is 6.81. The fourth-order valence-electron chi connectivity index (χ4n) is 3.19. The van der Waals surface area contributed by atoms with Crippen molar-refractivity contribution in [2.24, 2.45) is 0 Å². The lowest BCUT2D eigenvalue weighted by Gasteiger charge is -2.30. The number of nitrogens with zero attached hydrogens (tertiary/aromatic N) is 4. The van der Waals surface area contributed by atoms with Crippen LogP contribution in [0, 0.1) is 0 Å². The zero-order chi connectivity index (χ0) is 18.8. The van der Waals surface area contributed by atoms with Crippen molar-refractivity contribution in [1.82, 2.24) is 14.5 Å². The number of aromatic nitrogens is 3. The molecule has 0 saturated carbocycles. The van der Waals surface area contributed by atoms with E-state index in [1.54, 1.807) is 41.2 Å². The zero-order valence-electron chi connectivity index (χ0n) is 14.5.